The van der Waals surface area contributed by atoms with Crippen LogP contribution in [0.15, 0.2) is 22.7 Å². The minimum absolute atomic E-state index is 0.136. The fraction of sp³-hybridized carbons (Fsp3) is 0.462. The summed E-state index contributed by atoms with van der Waals surface area (Å²) in [6.45, 7) is 6.10. The van der Waals surface area contributed by atoms with Gasteiger partial charge in [-0.25, -0.2) is 0 Å². The van der Waals surface area contributed by atoms with Gasteiger partial charge in [-0.3, -0.25) is 4.79 Å². The predicted octanol–water partition coefficient (Wildman–Crippen LogP) is 3.07. The van der Waals surface area contributed by atoms with Crippen molar-refractivity contribution in [2.75, 3.05) is 5.32 Å². The molecular weight excluding hydrogens is 280 g/mol. The van der Waals surface area contributed by atoms with Crippen LogP contribution in [0.2, 0.25) is 0 Å². The van der Waals surface area contributed by atoms with Crippen molar-refractivity contribution < 1.29 is 4.79 Å². The van der Waals surface area contributed by atoms with Crippen molar-refractivity contribution in [3.63, 3.8) is 0 Å². The summed E-state index contributed by atoms with van der Waals surface area (Å²) in [7, 11) is 0. The van der Waals surface area contributed by atoms with Crippen LogP contribution in [0.1, 0.15) is 25.8 Å². The number of nitrogens with one attached hydrogen (secondary N) is 1. The predicted molar refractivity (Wildman–Crippen MR) is 74.9 cm³/mol. The van der Waals surface area contributed by atoms with Crippen molar-refractivity contribution in [2.45, 2.75) is 33.2 Å². The molecule has 17 heavy (non-hydrogen) atoms. The molecule has 1 amide bonds. The van der Waals surface area contributed by atoms with E-state index in [9.17, 15) is 4.79 Å². The van der Waals surface area contributed by atoms with Crippen LogP contribution < -0.4 is 11.1 Å². The molecule has 0 aliphatic heterocycles. The largest absolute Gasteiger partial charge is 0.324 e. The van der Waals surface area contributed by atoms with E-state index >= 15 is 0 Å². The van der Waals surface area contributed by atoms with Gasteiger partial charge in [-0.2, -0.15) is 0 Å². The molecule has 1 unspecified atom stereocenters. The second kappa shape index (κ2) is 6.17. The Kier molecular flexibility index (Phi) is 5.15. The average Bonchev–Trinajstić information content (AvgIpc) is 2.21. The number of anilines is 1. The smallest absolute Gasteiger partial charge is 0.241 e. The van der Waals surface area contributed by atoms with E-state index in [2.05, 4.69) is 35.1 Å². The third-order valence-electron chi connectivity index (χ3n) is 2.44. The average molecular weight is 299 g/mol. The molecule has 0 bridgehead atoms. The standard InChI is InChI=1S/C13H19BrN2O/c1-8(2)6-11(15)13(17)16-12-5-4-9(3)7-10(12)14/h4-5,7-8,11H,6,15H2,1-3H3,(H,16,17). The molecule has 0 heterocycles. The summed E-state index contributed by atoms with van der Waals surface area (Å²) in [6, 6.07) is 5.33. The highest BCUT2D eigenvalue weighted by Crippen LogP contribution is 2.23. The summed E-state index contributed by atoms with van der Waals surface area (Å²) in [5.74, 6) is 0.278. The number of halogens is 1. The monoisotopic (exact) mass is 298 g/mol. The Bertz CT molecular complexity index is 404. The van der Waals surface area contributed by atoms with Crippen LogP contribution in [0.3, 0.4) is 0 Å². The fourth-order valence-corrected chi connectivity index (χ4v) is 2.15. The van der Waals surface area contributed by atoms with Crippen LogP contribution >= 0.6 is 15.9 Å². The highest BCUT2D eigenvalue weighted by molar-refractivity contribution is 9.10. The number of benzene rings is 1. The quantitative estimate of drug-likeness (QED) is 0.897. The normalized spacial score (nSPS) is 12.6. The zero-order chi connectivity index (χ0) is 13.0. The Balaban J connectivity index is 2.67. The summed E-state index contributed by atoms with van der Waals surface area (Å²) >= 11 is 3.42. The van der Waals surface area contributed by atoms with E-state index in [1.807, 2.05) is 25.1 Å². The molecule has 0 spiro atoms. The maximum Gasteiger partial charge on any atom is 0.241 e. The molecule has 0 radical (unpaired) electrons. The Hall–Kier alpha value is -0.870. The van der Waals surface area contributed by atoms with Gasteiger partial charge in [0, 0.05) is 4.47 Å². The van der Waals surface area contributed by atoms with Crippen molar-refractivity contribution in [1.29, 1.82) is 0 Å². The Morgan fingerprint density at radius 1 is 1.47 bits per heavy atom. The molecule has 1 aromatic carbocycles. The molecular formula is C13H19BrN2O. The summed E-state index contributed by atoms with van der Waals surface area (Å²) in [6.07, 6.45) is 0.690. The summed E-state index contributed by atoms with van der Waals surface area (Å²) in [4.78, 5) is 11.8. The zero-order valence-corrected chi connectivity index (χ0v) is 12.0. The van der Waals surface area contributed by atoms with Crippen molar-refractivity contribution >= 4 is 27.5 Å². The van der Waals surface area contributed by atoms with Crippen LogP contribution in [0.5, 0.6) is 0 Å². The molecule has 1 atom stereocenters. The molecule has 1 rings (SSSR count). The van der Waals surface area contributed by atoms with Crippen LogP contribution in [-0.2, 0) is 4.79 Å². The molecule has 0 aliphatic rings. The van der Waals surface area contributed by atoms with Gasteiger partial charge in [-0.15, -0.1) is 0 Å². The van der Waals surface area contributed by atoms with E-state index in [0.29, 0.717) is 12.3 Å². The number of hydrogen-bond donors (Lipinski definition) is 2. The van der Waals surface area contributed by atoms with E-state index in [1.165, 1.54) is 0 Å². The van der Waals surface area contributed by atoms with Gasteiger partial charge < -0.3 is 11.1 Å². The Morgan fingerprint density at radius 2 is 2.12 bits per heavy atom. The first-order valence-corrected chi connectivity index (χ1v) is 6.52. The molecule has 0 aliphatic carbocycles. The van der Waals surface area contributed by atoms with Crippen LogP contribution in [0, 0.1) is 12.8 Å². The van der Waals surface area contributed by atoms with Crippen LogP contribution in [-0.4, -0.2) is 11.9 Å². The number of nitrogens with two attached hydrogens (primary N) is 1. The third-order valence-corrected chi connectivity index (χ3v) is 3.10. The number of amides is 1. The molecule has 0 saturated carbocycles. The molecule has 0 saturated heterocycles. The molecule has 3 N–H and O–H groups in total. The first-order chi connectivity index (χ1) is 7.90. The SMILES string of the molecule is Cc1ccc(NC(=O)C(N)CC(C)C)c(Br)c1. The maximum atomic E-state index is 11.8. The lowest BCUT2D eigenvalue weighted by Gasteiger charge is -2.15. The van der Waals surface area contributed by atoms with E-state index in [4.69, 9.17) is 5.73 Å². The molecule has 1 aromatic rings. The molecule has 0 fully saturated rings. The number of hydrogen-bond acceptors (Lipinski definition) is 2. The minimum Gasteiger partial charge on any atom is -0.324 e. The first-order valence-electron chi connectivity index (χ1n) is 5.72. The second-order valence-corrected chi connectivity index (χ2v) is 5.56. The van der Waals surface area contributed by atoms with Gasteiger partial charge in [-0.1, -0.05) is 19.9 Å². The minimum atomic E-state index is -0.455. The molecule has 4 heteroatoms. The van der Waals surface area contributed by atoms with E-state index in [-0.39, 0.29) is 5.91 Å². The van der Waals surface area contributed by atoms with Crippen molar-refractivity contribution in [3.8, 4) is 0 Å². The summed E-state index contributed by atoms with van der Waals surface area (Å²) in [5, 5.41) is 2.83. The highest BCUT2D eigenvalue weighted by atomic mass is 79.9. The van der Waals surface area contributed by atoms with Gasteiger partial charge in [0.1, 0.15) is 0 Å². The van der Waals surface area contributed by atoms with Gasteiger partial charge in [0.2, 0.25) is 5.91 Å². The van der Waals surface area contributed by atoms with Gasteiger partial charge in [0.05, 0.1) is 11.7 Å². The number of rotatable bonds is 4. The number of carbonyl (C=O) groups is 1. The van der Waals surface area contributed by atoms with Crippen LogP contribution in [0.25, 0.3) is 0 Å². The zero-order valence-electron chi connectivity index (χ0n) is 10.5. The van der Waals surface area contributed by atoms with Gasteiger partial charge >= 0.3 is 0 Å². The first kappa shape index (κ1) is 14.2. The maximum absolute atomic E-state index is 11.8. The van der Waals surface area contributed by atoms with E-state index in [0.717, 1.165) is 15.7 Å². The fourth-order valence-electron chi connectivity index (χ4n) is 1.56. The molecule has 3 nitrogen and oxygen atoms in total. The Morgan fingerprint density at radius 3 is 2.65 bits per heavy atom. The van der Waals surface area contributed by atoms with Crippen LogP contribution in [0.4, 0.5) is 5.69 Å². The summed E-state index contributed by atoms with van der Waals surface area (Å²) < 4.78 is 0.877. The molecule has 94 valence electrons. The molecule has 0 aromatic heterocycles. The Labute approximate surface area is 111 Å². The second-order valence-electron chi connectivity index (χ2n) is 4.71. The van der Waals surface area contributed by atoms with E-state index in [1.54, 1.807) is 0 Å². The lowest BCUT2D eigenvalue weighted by Crippen LogP contribution is -2.36. The summed E-state index contributed by atoms with van der Waals surface area (Å²) in [5.41, 5.74) is 7.72. The van der Waals surface area contributed by atoms with E-state index < -0.39 is 6.04 Å². The lowest BCUT2D eigenvalue weighted by atomic mass is 10.0. The number of aryl methyl sites for hydroxylation is 1. The van der Waals surface area contributed by atoms with Crippen molar-refractivity contribution in [2.24, 2.45) is 11.7 Å². The third kappa shape index (κ3) is 4.48. The topological polar surface area (TPSA) is 55.1 Å². The van der Waals surface area contributed by atoms with Gasteiger partial charge in [0.25, 0.3) is 0 Å². The van der Waals surface area contributed by atoms with Crippen molar-refractivity contribution in [1.82, 2.24) is 0 Å². The lowest BCUT2D eigenvalue weighted by molar-refractivity contribution is -0.117. The van der Waals surface area contributed by atoms with Gasteiger partial charge in [-0.05, 0) is 52.9 Å². The van der Waals surface area contributed by atoms with Gasteiger partial charge in [0.15, 0.2) is 0 Å². The number of carbonyl (C=O) groups excluding carboxylic acids is 1. The van der Waals surface area contributed by atoms with Crippen molar-refractivity contribution in [3.05, 3.63) is 28.2 Å². The highest BCUT2D eigenvalue weighted by Gasteiger charge is 2.15.